The monoisotopic (exact) mass is 423 g/mol. The van der Waals surface area contributed by atoms with Gasteiger partial charge in [-0.05, 0) is 42.0 Å². The molecule has 0 fully saturated rings. The Labute approximate surface area is 170 Å². The van der Waals surface area contributed by atoms with E-state index < -0.39 is 29.2 Å². The van der Waals surface area contributed by atoms with E-state index in [1.165, 1.54) is 19.2 Å². The molecule has 0 saturated heterocycles. The number of benzene rings is 2. The average molecular weight is 424 g/mol. The van der Waals surface area contributed by atoms with E-state index in [1.807, 2.05) is 0 Å². The maximum Gasteiger partial charge on any atom is 0.416 e. The van der Waals surface area contributed by atoms with Crippen LogP contribution >= 0.6 is 11.6 Å². The van der Waals surface area contributed by atoms with Crippen LogP contribution in [0.2, 0.25) is 5.02 Å². The van der Waals surface area contributed by atoms with Crippen molar-refractivity contribution in [2.45, 2.75) is 17.6 Å². The smallest absolute Gasteiger partial charge is 0.416 e. The minimum atomic E-state index is -4.45. The predicted octanol–water partition coefficient (Wildman–Crippen LogP) is 5.02. The van der Waals surface area contributed by atoms with Crippen LogP contribution in [0.5, 0.6) is 0 Å². The van der Waals surface area contributed by atoms with Crippen molar-refractivity contribution in [2.75, 3.05) is 13.7 Å². The van der Waals surface area contributed by atoms with Crippen molar-refractivity contribution in [1.82, 2.24) is 0 Å². The number of carbonyl (C=O) groups is 1. The number of aliphatic imine (C=N–C) groups is 1. The largest absolute Gasteiger partial charge is 0.474 e. The second kappa shape index (κ2) is 7.91. The summed E-state index contributed by atoms with van der Waals surface area (Å²) in [7, 11) is 1.23. The molecule has 152 valence electrons. The zero-order valence-corrected chi connectivity index (χ0v) is 16.1. The number of hydrogen-bond acceptors (Lipinski definition) is 4. The highest BCUT2D eigenvalue weighted by Gasteiger charge is 2.51. The van der Waals surface area contributed by atoms with E-state index in [4.69, 9.17) is 21.1 Å². The molecule has 3 rings (SSSR count). The number of methoxy groups -OCH3 is 1. The number of nitrogens with zero attached hydrogens (tertiary/aromatic N) is 1. The van der Waals surface area contributed by atoms with Crippen molar-refractivity contribution >= 4 is 23.5 Å². The van der Waals surface area contributed by atoms with Crippen molar-refractivity contribution in [2.24, 2.45) is 4.99 Å². The molecule has 2 atom stereocenters. The quantitative estimate of drug-likeness (QED) is 0.501. The average Bonchev–Trinajstić information content (AvgIpc) is 3.14. The number of halogens is 4. The summed E-state index contributed by atoms with van der Waals surface area (Å²) >= 11 is 6.08. The van der Waals surface area contributed by atoms with Crippen LogP contribution in [-0.2, 0) is 20.4 Å². The Morgan fingerprint density at radius 3 is 2.55 bits per heavy atom. The lowest BCUT2D eigenvalue weighted by Gasteiger charge is -2.29. The molecule has 4 nitrogen and oxygen atoms in total. The summed E-state index contributed by atoms with van der Waals surface area (Å²) < 4.78 is 49.0. The molecule has 0 radical (unpaired) electrons. The molecule has 8 heteroatoms. The second-order valence-electron chi connectivity index (χ2n) is 6.46. The van der Waals surface area contributed by atoms with E-state index in [0.29, 0.717) is 16.1 Å². The number of alkyl halides is 3. The third-order valence-electron chi connectivity index (χ3n) is 4.69. The highest BCUT2D eigenvalue weighted by molar-refractivity contribution is 6.30. The Morgan fingerprint density at radius 2 is 2.00 bits per heavy atom. The summed E-state index contributed by atoms with van der Waals surface area (Å²) in [6, 6.07) is 11.2. The van der Waals surface area contributed by atoms with Gasteiger partial charge in [0.15, 0.2) is 0 Å². The number of carbonyl (C=O) groups excluding carboxylic acids is 1. The van der Waals surface area contributed by atoms with Gasteiger partial charge in [0, 0.05) is 16.5 Å². The fourth-order valence-corrected chi connectivity index (χ4v) is 3.45. The lowest BCUT2D eigenvalue weighted by atomic mass is 9.80. The van der Waals surface area contributed by atoms with Gasteiger partial charge in [-0.1, -0.05) is 29.8 Å². The second-order valence-corrected chi connectivity index (χ2v) is 6.90. The molecule has 0 aromatic heterocycles. The maximum atomic E-state index is 12.8. The van der Waals surface area contributed by atoms with Gasteiger partial charge in [-0.25, -0.2) is 9.79 Å². The number of hydrogen-bond donors (Lipinski definition) is 0. The van der Waals surface area contributed by atoms with Crippen LogP contribution in [0.3, 0.4) is 0 Å². The number of ether oxygens (including phenoxy) is 2. The molecule has 0 amide bonds. The van der Waals surface area contributed by atoms with Crippen molar-refractivity contribution in [3.8, 4) is 0 Å². The first-order valence-electron chi connectivity index (χ1n) is 8.58. The van der Waals surface area contributed by atoms with Gasteiger partial charge >= 0.3 is 12.1 Å². The van der Waals surface area contributed by atoms with E-state index in [2.05, 4.69) is 11.6 Å². The molecule has 1 aliphatic rings. The fraction of sp³-hybridized carbons (Fsp3) is 0.238. The molecule has 0 spiro atoms. The number of rotatable bonds is 5. The Bertz CT molecular complexity index is 956. The fourth-order valence-electron chi connectivity index (χ4n) is 3.25. The van der Waals surface area contributed by atoms with Crippen LogP contribution in [0, 0.1) is 0 Å². The zero-order chi connectivity index (χ0) is 21.2. The minimum absolute atomic E-state index is 0.0537. The standard InChI is InChI=1S/C21H17ClF3NO3/c1-3-17(14-5-4-6-16(22)11-14)20(19(27)28-2)12-29-18(26-20)13-7-9-15(10-8-13)21(23,24)25/h3-11,17H,1,12H2,2H3/t17-,20+/m0/s1. The molecule has 0 saturated carbocycles. The van der Waals surface area contributed by atoms with Gasteiger partial charge in [0.2, 0.25) is 11.4 Å². The summed E-state index contributed by atoms with van der Waals surface area (Å²) in [5.41, 5.74) is -1.27. The first-order valence-corrected chi connectivity index (χ1v) is 8.96. The van der Waals surface area contributed by atoms with Crippen molar-refractivity contribution in [3.05, 3.63) is 82.9 Å². The third-order valence-corrected chi connectivity index (χ3v) is 4.92. The van der Waals surface area contributed by atoms with Crippen molar-refractivity contribution in [1.29, 1.82) is 0 Å². The SMILES string of the molecule is C=C[C@@H](c1cccc(Cl)c1)[C@@]1(C(=O)OC)COC(c2ccc(C(F)(F)F)cc2)=N1. The molecule has 29 heavy (non-hydrogen) atoms. The maximum absolute atomic E-state index is 12.8. The molecule has 0 bridgehead atoms. The summed E-state index contributed by atoms with van der Waals surface area (Å²) in [5.74, 6) is -1.22. The van der Waals surface area contributed by atoms with Gasteiger partial charge in [0.1, 0.15) is 6.61 Å². The van der Waals surface area contributed by atoms with E-state index >= 15 is 0 Å². The molecular weight excluding hydrogens is 407 g/mol. The van der Waals surface area contributed by atoms with Gasteiger partial charge in [-0.2, -0.15) is 13.2 Å². The van der Waals surface area contributed by atoms with Crippen LogP contribution in [0.15, 0.2) is 66.2 Å². The molecular formula is C21H17ClF3NO3. The van der Waals surface area contributed by atoms with Crippen LogP contribution in [0.4, 0.5) is 13.2 Å². The van der Waals surface area contributed by atoms with Crippen molar-refractivity contribution < 1.29 is 27.4 Å². The zero-order valence-electron chi connectivity index (χ0n) is 15.4. The predicted molar refractivity (Wildman–Crippen MR) is 103 cm³/mol. The molecule has 0 N–H and O–H groups in total. The number of esters is 1. The normalized spacial score (nSPS) is 19.8. The Balaban J connectivity index is 2.04. The first kappa shape index (κ1) is 20.9. The van der Waals surface area contributed by atoms with Gasteiger partial charge < -0.3 is 9.47 Å². The van der Waals surface area contributed by atoms with E-state index in [1.54, 1.807) is 30.3 Å². The van der Waals surface area contributed by atoms with Gasteiger partial charge in [-0.15, -0.1) is 6.58 Å². The van der Waals surface area contributed by atoms with E-state index in [9.17, 15) is 18.0 Å². The van der Waals surface area contributed by atoms with Gasteiger partial charge in [-0.3, -0.25) is 0 Å². The van der Waals surface area contributed by atoms with Gasteiger partial charge in [0.25, 0.3) is 0 Å². The van der Waals surface area contributed by atoms with Crippen LogP contribution in [0.25, 0.3) is 0 Å². The molecule has 2 aromatic carbocycles. The summed E-state index contributed by atoms with van der Waals surface area (Å²) in [4.78, 5) is 17.2. The van der Waals surface area contributed by atoms with Crippen molar-refractivity contribution in [3.63, 3.8) is 0 Å². The third kappa shape index (κ3) is 4.00. The topological polar surface area (TPSA) is 47.9 Å². The van der Waals surface area contributed by atoms with E-state index in [-0.39, 0.29) is 12.5 Å². The highest BCUT2D eigenvalue weighted by atomic mass is 35.5. The molecule has 0 unspecified atom stereocenters. The summed E-state index contributed by atoms with van der Waals surface area (Å²) in [5, 5.41) is 0.472. The van der Waals surface area contributed by atoms with Crippen LogP contribution < -0.4 is 0 Å². The molecule has 2 aromatic rings. The summed E-state index contributed by atoms with van der Waals surface area (Å²) in [6.45, 7) is 3.66. The summed E-state index contributed by atoms with van der Waals surface area (Å²) in [6.07, 6.45) is -2.90. The van der Waals surface area contributed by atoms with Crippen LogP contribution in [-0.4, -0.2) is 31.1 Å². The lowest BCUT2D eigenvalue weighted by Crippen LogP contribution is -2.44. The van der Waals surface area contributed by atoms with E-state index in [0.717, 1.165) is 12.1 Å². The minimum Gasteiger partial charge on any atom is -0.474 e. The Morgan fingerprint density at radius 1 is 1.31 bits per heavy atom. The highest BCUT2D eigenvalue weighted by Crippen LogP contribution is 2.39. The first-order chi connectivity index (χ1) is 13.7. The Hall–Kier alpha value is -2.80. The van der Waals surface area contributed by atoms with Gasteiger partial charge in [0.05, 0.1) is 12.7 Å². The Kier molecular flexibility index (Phi) is 5.71. The van der Waals surface area contributed by atoms with Crippen LogP contribution in [0.1, 0.15) is 22.6 Å². The molecule has 0 aliphatic carbocycles. The molecule has 1 aliphatic heterocycles. The molecule has 1 heterocycles. The lowest BCUT2D eigenvalue weighted by molar-refractivity contribution is -0.148.